The molecule has 0 amide bonds. The molecule has 0 spiro atoms. The van der Waals surface area contributed by atoms with E-state index in [1.807, 2.05) is 0 Å². The van der Waals surface area contributed by atoms with Crippen molar-refractivity contribution in [1.82, 2.24) is 10.2 Å². The van der Waals surface area contributed by atoms with Crippen LogP contribution in [0.5, 0.6) is 0 Å². The molecule has 1 saturated carbocycles. The highest BCUT2D eigenvalue weighted by Crippen LogP contribution is 2.23. The molecule has 2 N–H and O–H groups in total. The van der Waals surface area contributed by atoms with Crippen LogP contribution in [0.25, 0.3) is 0 Å². The number of hydrogen-bond acceptors (Lipinski definition) is 4. The molecule has 0 bridgehead atoms. The second kappa shape index (κ2) is 5.22. The number of aliphatic hydroxyl groups is 1. The van der Waals surface area contributed by atoms with E-state index in [0.717, 1.165) is 39.0 Å². The minimum absolute atomic E-state index is 0.141. The molecule has 2 unspecified atom stereocenters. The van der Waals surface area contributed by atoms with Gasteiger partial charge in [-0.3, -0.25) is 4.90 Å². The van der Waals surface area contributed by atoms with Gasteiger partial charge >= 0.3 is 0 Å². The summed E-state index contributed by atoms with van der Waals surface area (Å²) in [4.78, 5) is 2.57. The Labute approximate surface area is 103 Å². The van der Waals surface area contributed by atoms with Gasteiger partial charge in [0.2, 0.25) is 0 Å². The Morgan fingerprint density at radius 2 is 2.18 bits per heavy atom. The van der Waals surface area contributed by atoms with Crippen LogP contribution in [0.1, 0.15) is 32.1 Å². The average molecular weight is 240 g/mol. The largest absolute Gasteiger partial charge is 0.392 e. The molecule has 0 aromatic carbocycles. The number of morpholine rings is 1. The van der Waals surface area contributed by atoms with E-state index >= 15 is 0 Å². The van der Waals surface area contributed by atoms with Gasteiger partial charge in [-0.15, -0.1) is 0 Å². The summed E-state index contributed by atoms with van der Waals surface area (Å²) >= 11 is 0. The Morgan fingerprint density at radius 1 is 1.24 bits per heavy atom. The lowest BCUT2D eigenvalue weighted by Gasteiger charge is -2.35. The lowest BCUT2D eigenvalue weighted by Crippen LogP contribution is -2.51. The van der Waals surface area contributed by atoms with Crippen molar-refractivity contribution in [1.29, 1.82) is 0 Å². The third-order valence-corrected chi connectivity index (χ3v) is 4.55. The summed E-state index contributed by atoms with van der Waals surface area (Å²) in [5.74, 6) is 0. The Kier molecular flexibility index (Phi) is 3.66. The number of rotatable bonds is 3. The summed E-state index contributed by atoms with van der Waals surface area (Å²) in [6.07, 6.45) is 6.03. The van der Waals surface area contributed by atoms with Crippen molar-refractivity contribution in [2.45, 2.75) is 56.4 Å². The highest BCUT2D eigenvalue weighted by molar-refractivity contribution is 4.88. The maximum atomic E-state index is 9.75. The third kappa shape index (κ3) is 2.65. The molecule has 2 heterocycles. The van der Waals surface area contributed by atoms with Crippen LogP contribution in [0.3, 0.4) is 0 Å². The molecule has 3 aliphatic rings. The summed E-state index contributed by atoms with van der Waals surface area (Å²) in [7, 11) is 0. The van der Waals surface area contributed by atoms with Crippen LogP contribution < -0.4 is 5.32 Å². The topological polar surface area (TPSA) is 44.7 Å². The van der Waals surface area contributed by atoms with Gasteiger partial charge in [0.1, 0.15) is 0 Å². The minimum Gasteiger partial charge on any atom is -0.392 e. The monoisotopic (exact) mass is 240 g/mol. The molecule has 0 aromatic rings. The van der Waals surface area contributed by atoms with Gasteiger partial charge in [0.15, 0.2) is 0 Å². The predicted molar refractivity (Wildman–Crippen MR) is 66.0 cm³/mol. The molecular formula is C13H24N2O2. The van der Waals surface area contributed by atoms with Gasteiger partial charge in [-0.2, -0.15) is 0 Å². The van der Waals surface area contributed by atoms with Gasteiger partial charge in [-0.25, -0.2) is 0 Å². The Bertz CT molecular complexity index is 262. The van der Waals surface area contributed by atoms with Gasteiger partial charge in [0.25, 0.3) is 0 Å². The van der Waals surface area contributed by atoms with E-state index in [1.54, 1.807) is 0 Å². The number of fused-ring (bicyclic) bond motifs is 1. The van der Waals surface area contributed by atoms with Crippen molar-refractivity contribution >= 4 is 0 Å². The first-order valence-corrected chi connectivity index (χ1v) is 7.10. The summed E-state index contributed by atoms with van der Waals surface area (Å²) in [6.45, 7) is 4.11. The first kappa shape index (κ1) is 11.9. The second-order valence-corrected chi connectivity index (χ2v) is 5.76. The van der Waals surface area contributed by atoms with Gasteiger partial charge in [0, 0.05) is 25.2 Å². The van der Waals surface area contributed by atoms with Crippen molar-refractivity contribution in [3.8, 4) is 0 Å². The lowest BCUT2D eigenvalue weighted by molar-refractivity contribution is -0.0489. The average Bonchev–Trinajstić information content (AvgIpc) is 2.94. The van der Waals surface area contributed by atoms with Crippen molar-refractivity contribution in [2.75, 3.05) is 26.2 Å². The molecule has 98 valence electrons. The number of nitrogens with one attached hydrogen (secondary N) is 1. The lowest BCUT2D eigenvalue weighted by atomic mass is 10.1. The van der Waals surface area contributed by atoms with Crippen molar-refractivity contribution in [2.24, 2.45) is 0 Å². The predicted octanol–water partition coefficient (Wildman–Crippen LogP) is 0.353. The summed E-state index contributed by atoms with van der Waals surface area (Å²) in [6, 6.07) is 0.984. The molecule has 4 heteroatoms. The van der Waals surface area contributed by atoms with Crippen LogP contribution in [0, 0.1) is 0 Å². The van der Waals surface area contributed by atoms with Crippen LogP contribution >= 0.6 is 0 Å². The SMILES string of the molecule is O[C@@H]1CCC[C@H]1NCC1CN2CCCC2CO1. The second-order valence-electron chi connectivity index (χ2n) is 5.76. The van der Waals surface area contributed by atoms with Gasteiger partial charge < -0.3 is 15.2 Å². The van der Waals surface area contributed by atoms with E-state index in [-0.39, 0.29) is 6.10 Å². The fourth-order valence-electron chi connectivity index (χ4n) is 3.47. The molecule has 3 fully saturated rings. The third-order valence-electron chi connectivity index (χ3n) is 4.55. The van der Waals surface area contributed by atoms with E-state index < -0.39 is 0 Å². The molecule has 2 aliphatic heterocycles. The molecular weight excluding hydrogens is 216 g/mol. The number of ether oxygens (including phenoxy) is 1. The number of nitrogens with zero attached hydrogens (tertiary/aromatic N) is 1. The molecule has 2 saturated heterocycles. The summed E-state index contributed by atoms with van der Waals surface area (Å²) in [5.41, 5.74) is 0. The quantitative estimate of drug-likeness (QED) is 0.747. The zero-order valence-electron chi connectivity index (χ0n) is 10.5. The van der Waals surface area contributed by atoms with Crippen molar-refractivity contribution < 1.29 is 9.84 Å². The normalized spacial score (nSPS) is 42.9. The summed E-state index contributed by atoms with van der Waals surface area (Å²) < 4.78 is 5.90. The first-order valence-electron chi connectivity index (χ1n) is 7.10. The Morgan fingerprint density at radius 3 is 3.00 bits per heavy atom. The van der Waals surface area contributed by atoms with E-state index in [2.05, 4.69) is 10.2 Å². The smallest absolute Gasteiger partial charge is 0.0827 e. The first-order chi connectivity index (χ1) is 8.33. The summed E-state index contributed by atoms with van der Waals surface area (Å²) in [5, 5.41) is 13.2. The number of aliphatic hydroxyl groups excluding tert-OH is 1. The minimum atomic E-state index is -0.141. The molecule has 0 aromatic heterocycles. The van der Waals surface area contributed by atoms with E-state index in [0.29, 0.717) is 18.2 Å². The van der Waals surface area contributed by atoms with Crippen LogP contribution in [-0.2, 0) is 4.74 Å². The molecule has 0 radical (unpaired) electrons. The van der Waals surface area contributed by atoms with Crippen LogP contribution in [0.4, 0.5) is 0 Å². The van der Waals surface area contributed by atoms with Crippen LogP contribution in [0.15, 0.2) is 0 Å². The van der Waals surface area contributed by atoms with Crippen LogP contribution in [0.2, 0.25) is 0 Å². The van der Waals surface area contributed by atoms with E-state index in [4.69, 9.17) is 4.74 Å². The molecule has 3 rings (SSSR count). The Balaban J connectivity index is 1.43. The van der Waals surface area contributed by atoms with E-state index in [9.17, 15) is 5.11 Å². The Hall–Kier alpha value is -0.160. The maximum absolute atomic E-state index is 9.75. The van der Waals surface area contributed by atoms with Gasteiger partial charge in [0.05, 0.1) is 18.8 Å². The van der Waals surface area contributed by atoms with Gasteiger partial charge in [-0.05, 0) is 38.6 Å². The van der Waals surface area contributed by atoms with Gasteiger partial charge in [-0.1, -0.05) is 0 Å². The highest BCUT2D eigenvalue weighted by atomic mass is 16.5. The molecule has 4 nitrogen and oxygen atoms in total. The van der Waals surface area contributed by atoms with Crippen molar-refractivity contribution in [3.63, 3.8) is 0 Å². The zero-order valence-corrected chi connectivity index (χ0v) is 10.5. The standard InChI is InChI=1S/C13H24N2O2/c16-13-5-1-4-12(13)14-7-11-8-15-6-2-3-10(15)9-17-11/h10-14,16H,1-9H2/t10?,11?,12-,13-/m1/s1. The molecule has 1 aliphatic carbocycles. The maximum Gasteiger partial charge on any atom is 0.0827 e. The van der Waals surface area contributed by atoms with Crippen molar-refractivity contribution in [3.05, 3.63) is 0 Å². The fourth-order valence-corrected chi connectivity index (χ4v) is 3.47. The van der Waals surface area contributed by atoms with Crippen LogP contribution in [-0.4, -0.2) is 60.5 Å². The zero-order chi connectivity index (χ0) is 11.7. The molecule has 17 heavy (non-hydrogen) atoms. The highest BCUT2D eigenvalue weighted by Gasteiger charge is 2.33. The fraction of sp³-hybridized carbons (Fsp3) is 1.00. The number of hydrogen-bond donors (Lipinski definition) is 2. The van der Waals surface area contributed by atoms with E-state index in [1.165, 1.54) is 19.4 Å². The molecule has 4 atom stereocenters.